The Morgan fingerprint density at radius 3 is 2.61 bits per heavy atom. The lowest BCUT2D eigenvalue weighted by atomic mass is 9.90. The number of carbonyl (C=O) groups excluding carboxylic acids is 1. The van der Waals surface area contributed by atoms with E-state index in [2.05, 4.69) is 15.5 Å². The molecule has 1 N–H and O–H groups in total. The summed E-state index contributed by atoms with van der Waals surface area (Å²) in [6.45, 7) is 6.17. The maximum Gasteiger partial charge on any atom is 0.251 e. The lowest BCUT2D eigenvalue weighted by Gasteiger charge is -2.23. The average molecular weight is 437 g/mol. The Morgan fingerprint density at radius 1 is 1.13 bits per heavy atom. The molecule has 4 aromatic rings. The van der Waals surface area contributed by atoms with Gasteiger partial charge in [0.15, 0.2) is 0 Å². The van der Waals surface area contributed by atoms with Crippen LogP contribution in [0.15, 0.2) is 58.4 Å². The minimum Gasteiger partial charge on any atom is -0.351 e. The van der Waals surface area contributed by atoms with Crippen LogP contribution < -0.4 is 5.32 Å². The number of rotatable bonds is 6. The highest BCUT2D eigenvalue weighted by atomic mass is 32.1. The molecule has 2 aromatic carbocycles. The van der Waals surface area contributed by atoms with Gasteiger partial charge < -0.3 is 9.84 Å². The molecule has 0 unspecified atom stereocenters. The molecule has 0 atom stereocenters. The predicted molar refractivity (Wildman–Crippen MR) is 117 cm³/mol. The Morgan fingerprint density at radius 2 is 1.90 bits per heavy atom. The van der Waals surface area contributed by atoms with Crippen molar-refractivity contribution in [2.24, 2.45) is 0 Å². The molecule has 0 radical (unpaired) electrons. The second kappa shape index (κ2) is 8.39. The first-order valence-electron chi connectivity index (χ1n) is 9.73. The van der Waals surface area contributed by atoms with E-state index in [0.29, 0.717) is 29.4 Å². The smallest absolute Gasteiger partial charge is 0.251 e. The molecule has 0 bridgehead atoms. The molecule has 31 heavy (non-hydrogen) atoms. The molecule has 158 valence electrons. The summed E-state index contributed by atoms with van der Waals surface area (Å²) < 4.78 is 18.2. The first-order chi connectivity index (χ1) is 14.8. The first kappa shape index (κ1) is 20.9. The van der Waals surface area contributed by atoms with Gasteiger partial charge in [0.2, 0.25) is 11.7 Å². The van der Waals surface area contributed by atoms with Gasteiger partial charge in [-0.15, -0.1) is 11.3 Å². The molecule has 2 aromatic heterocycles. The lowest BCUT2D eigenvalue weighted by Crippen LogP contribution is -2.36. The third kappa shape index (κ3) is 4.69. The summed E-state index contributed by atoms with van der Waals surface area (Å²) in [4.78, 5) is 21.6. The maximum atomic E-state index is 13.2. The molecule has 0 aliphatic carbocycles. The van der Waals surface area contributed by atoms with E-state index >= 15 is 0 Å². The molecule has 0 aliphatic heterocycles. The van der Waals surface area contributed by atoms with Gasteiger partial charge in [0.05, 0.1) is 5.69 Å². The summed E-state index contributed by atoms with van der Waals surface area (Å²) in [5.41, 5.74) is 2.58. The van der Waals surface area contributed by atoms with Crippen LogP contribution in [0.2, 0.25) is 0 Å². The minimum atomic E-state index is -0.382. The van der Waals surface area contributed by atoms with Gasteiger partial charge in [-0.2, -0.15) is 4.98 Å². The standard InChI is InChI=1S/C23H21FN4O2S/c1-14-26-20(28-30-14)16-5-4-6-17(11-16)21(29)25-13-23(2,3)19-12-31-22(27-19)15-7-9-18(24)10-8-15/h4-12H,13H2,1-3H3,(H,25,29). The van der Waals surface area contributed by atoms with Crippen molar-refractivity contribution in [3.05, 3.63) is 76.9 Å². The van der Waals surface area contributed by atoms with E-state index in [-0.39, 0.29) is 17.1 Å². The number of aromatic nitrogens is 3. The maximum absolute atomic E-state index is 13.2. The van der Waals surface area contributed by atoms with Gasteiger partial charge >= 0.3 is 0 Å². The summed E-state index contributed by atoms with van der Waals surface area (Å²) in [7, 11) is 0. The van der Waals surface area contributed by atoms with Crippen LogP contribution in [-0.2, 0) is 5.41 Å². The molecular formula is C23H21FN4O2S. The van der Waals surface area contributed by atoms with Crippen molar-refractivity contribution >= 4 is 17.2 Å². The third-order valence-corrected chi connectivity index (χ3v) is 5.78. The first-order valence-corrected chi connectivity index (χ1v) is 10.6. The monoisotopic (exact) mass is 436 g/mol. The van der Waals surface area contributed by atoms with E-state index in [0.717, 1.165) is 16.3 Å². The van der Waals surface area contributed by atoms with Crippen LogP contribution in [-0.4, -0.2) is 27.6 Å². The topological polar surface area (TPSA) is 80.9 Å². The van der Waals surface area contributed by atoms with Gasteiger partial charge in [-0.05, 0) is 36.4 Å². The summed E-state index contributed by atoms with van der Waals surface area (Å²) in [6.07, 6.45) is 0. The summed E-state index contributed by atoms with van der Waals surface area (Å²) in [5.74, 6) is 0.449. The normalized spacial score (nSPS) is 11.5. The van der Waals surface area contributed by atoms with Gasteiger partial charge in [0, 0.05) is 41.0 Å². The molecule has 8 heteroatoms. The highest BCUT2D eigenvalue weighted by Gasteiger charge is 2.25. The van der Waals surface area contributed by atoms with Crippen molar-refractivity contribution in [2.45, 2.75) is 26.2 Å². The van der Waals surface area contributed by atoms with E-state index in [4.69, 9.17) is 9.51 Å². The molecular weight excluding hydrogens is 415 g/mol. The second-order valence-electron chi connectivity index (χ2n) is 7.83. The zero-order valence-corrected chi connectivity index (χ0v) is 18.2. The quantitative estimate of drug-likeness (QED) is 0.459. The van der Waals surface area contributed by atoms with Gasteiger partial charge in [-0.3, -0.25) is 4.79 Å². The molecule has 0 fully saturated rings. The zero-order chi connectivity index (χ0) is 22.0. The van der Waals surface area contributed by atoms with E-state index < -0.39 is 0 Å². The molecule has 6 nitrogen and oxygen atoms in total. The van der Waals surface area contributed by atoms with Gasteiger partial charge in [0.1, 0.15) is 10.8 Å². The predicted octanol–water partition coefficient (Wildman–Crippen LogP) is 5.02. The summed E-state index contributed by atoms with van der Waals surface area (Å²) >= 11 is 1.50. The van der Waals surface area contributed by atoms with Crippen molar-refractivity contribution < 1.29 is 13.7 Å². The second-order valence-corrected chi connectivity index (χ2v) is 8.69. The Bertz CT molecular complexity index is 1210. The van der Waals surface area contributed by atoms with Crippen molar-refractivity contribution in [1.82, 2.24) is 20.4 Å². The number of amides is 1. The molecule has 4 rings (SSSR count). The van der Waals surface area contributed by atoms with Crippen LogP contribution >= 0.6 is 11.3 Å². The Kier molecular flexibility index (Phi) is 5.65. The fourth-order valence-electron chi connectivity index (χ4n) is 3.02. The summed E-state index contributed by atoms with van der Waals surface area (Å²) in [5, 5.41) is 9.68. The van der Waals surface area contributed by atoms with Gasteiger partial charge in [-0.25, -0.2) is 9.37 Å². The Labute approximate surface area is 183 Å². The van der Waals surface area contributed by atoms with Gasteiger partial charge in [0.25, 0.3) is 5.91 Å². The number of nitrogens with zero attached hydrogens (tertiary/aromatic N) is 3. The average Bonchev–Trinajstić information content (AvgIpc) is 3.43. The van der Waals surface area contributed by atoms with Crippen molar-refractivity contribution in [3.8, 4) is 22.0 Å². The van der Waals surface area contributed by atoms with Crippen molar-refractivity contribution in [3.63, 3.8) is 0 Å². The molecule has 0 aliphatic rings. The van der Waals surface area contributed by atoms with Crippen molar-refractivity contribution in [2.75, 3.05) is 6.54 Å². The van der Waals surface area contributed by atoms with E-state index in [1.54, 1.807) is 37.3 Å². The van der Waals surface area contributed by atoms with Crippen LogP contribution in [0, 0.1) is 12.7 Å². The third-order valence-electron chi connectivity index (χ3n) is 4.89. The Balaban J connectivity index is 1.45. The zero-order valence-electron chi connectivity index (χ0n) is 17.3. The molecule has 0 spiro atoms. The number of hydrogen-bond acceptors (Lipinski definition) is 6. The number of nitrogens with one attached hydrogen (secondary N) is 1. The number of aryl methyl sites for hydroxylation is 1. The van der Waals surface area contributed by atoms with Gasteiger partial charge in [-0.1, -0.05) is 31.1 Å². The fourth-order valence-corrected chi connectivity index (χ4v) is 4.04. The summed E-state index contributed by atoms with van der Waals surface area (Å²) in [6, 6.07) is 13.4. The molecule has 0 saturated heterocycles. The van der Waals surface area contributed by atoms with E-state index in [1.807, 2.05) is 25.3 Å². The SMILES string of the molecule is Cc1nc(-c2cccc(C(=O)NCC(C)(C)c3csc(-c4ccc(F)cc4)n3)c2)no1. The number of benzene rings is 2. The van der Waals surface area contributed by atoms with Crippen LogP contribution in [0.1, 0.15) is 35.8 Å². The van der Waals surface area contributed by atoms with E-state index in [9.17, 15) is 9.18 Å². The number of hydrogen-bond donors (Lipinski definition) is 1. The fraction of sp³-hybridized carbons (Fsp3) is 0.217. The minimum absolute atomic E-state index is 0.191. The van der Waals surface area contributed by atoms with Crippen LogP contribution in [0.4, 0.5) is 4.39 Å². The van der Waals surface area contributed by atoms with Crippen LogP contribution in [0.3, 0.4) is 0 Å². The highest BCUT2D eigenvalue weighted by Crippen LogP contribution is 2.30. The number of carbonyl (C=O) groups is 1. The Hall–Kier alpha value is -3.39. The number of thiazole rings is 1. The number of halogens is 1. The van der Waals surface area contributed by atoms with Crippen molar-refractivity contribution in [1.29, 1.82) is 0 Å². The lowest BCUT2D eigenvalue weighted by molar-refractivity contribution is 0.0945. The molecule has 1 amide bonds. The molecule has 2 heterocycles. The van der Waals surface area contributed by atoms with Crippen LogP contribution in [0.25, 0.3) is 22.0 Å². The molecule has 0 saturated carbocycles. The van der Waals surface area contributed by atoms with Crippen LogP contribution in [0.5, 0.6) is 0 Å². The van der Waals surface area contributed by atoms with E-state index in [1.165, 1.54) is 23.5 Å². The largest absolute Gasteiger partial charge is 0.351 e. The highest BCUT2D eigenvalue weighted by molar-refractivity contribution is 7.13.